The van der Waals surface area contributed by atoms with Crippen LogP contribution in [-0.2, 0) is 0 Å². The van der Waals surface area contributed by atoms with Gasteiger partial charge in [0.25, 0.3) is 5.91 Å². The molecule has 98 valence electrons. The fraction of sp³-hybridized carbons (Fsp3) is 0. The molecule has 6 heteroatoms. The molecule has 2 rings (SSSR count). The second-order valence-corrected chi connectivity index (χ2v) is 4.77. The molecule has 0 saturated heterocycles. The van der Waals surface area contributed by atoms with E-state index in [0.717, 1.165) is 0 Å². The summed E-state index contributed by atoms with van der Waals surface area (Å²) in [6, 6.07) is 8.90. The van der Waals surface area contributed by atoms with Crippen LogP contribution in [0, 0.1) is 5.82 Å². The highest BCUT2D eigenvalue weighted by Gasteiger charge is 2.10. The number of benzene rings is 2. The molecule has 0 saturated carbocycles. The Bertz CT molecular complexity index is 646. The number of primary amides is 1. The van der Waals surface area contributed by atoms with Crippen LogP contribution in [0.15, 0.2) is 40.9 Å². The largest absolute Gasteiger partial charge is 0.399 e. The van der Waals surface area contributed by atoms with E-state index in [0.29, 0.717) is 27.1 Å². The van der Waals surface area contributed by atoms with Crippen LogP contribution in [0.5, 0.6) is 0 Å². The Balaban J connectivity index is 2.42. The summed E-state index contributed by atoms with van der Waals surface area (Å²) in [5.74, 6) is -0.930. The maximum absolute atomic E-state index is 13.0. The molecule has 19 heavy (non-hydrogen) atoms. The third-order valence-electron chi connectivity index (χ3n) is 2.51. The van der Waals surface area contributed by atoms with E-state index in [1.54, 1.807) is 18.2 Å². The van der Waals surface area contributed by atoms with Gasteiger partial charge in [0.05, 0.1) is 16.9 Å². The van der Waals surface area contributed by atoms with Gasteiger partial charge < -0.3 is 16.8 Å². The number of carbonyl (C=O) groups excluding carboxylic acids is 1. The van der Waals surface area contributed by atoms with Crippen molar-refractivity contribution in [1.82, 2.24) is 0 Å². The van der Waals surface area contributed by atoms with Gasteiger partial charge in [-0.25, -0.2) is 4.39 Å². The Morgan fingerprint density at radius 1 is 1.16 bits per heavy atom. The molecule has 0 radical (unpaired) electrons. The normalized spacial score (nSPS) is 10.2. The molecule has 0 aliphatic carbocycles. The Morgan fingerprint density at radius 2 is 1.89 bits per heavy atom. The molecule has 0 aliphatic rings. The SMILES string of the molecule is NC(=O)c1ccc(N)cc1Nc1ccc(F)cc1Br. The van der Waals surface area contributed by atoms with Gasteiger partial charge in [-0.2, -0.15) is 0 Å². The van der Waals surface area contributed by atoms with Gasteiger partial charge in [0.2, 0.25) is 0 Å². The molecular weight excluding hydrogens is 313 g/mol. The number of hydrogen-bond donors (Lipinski definition) is 3. The Labute approximate surface area is 117 Å². The Kier molecular flexibility index (Phi) is 3.71. The molecule has 0 aliphatic heterocycles. The highest BCUT2D eigenvalue weighted by molar-refractivity contribution is 9.10. The predicted octanol–water partition coefficient (Wildman–Crippen LogP) is 3.01. The minimum Gasteiger partial charge on any atom is -0.399 e. The van der Waals surface area contributed by atoms with Crippen LogP contribution in [0.1, 0.15) is 10.4 Å². The number of halogens is 2. The third-order valence-corrected chi connectivity index (χ3v) is 3.17. The summed E-state index contributed by atoms with van der Waals surface area (Å²) in [7, 11) is 0. The topological polar surface area (TPSA) is 81.1 Å². The summed E-state index contributed by atoms with van der Waals surface area (Å²) in [5, 5.41) is 3.00. The summed E-state index contributed by atoms with van der Waals surface area (Å²) in [4.78, 5) is 11.3. The van der Waals surface area contributed by atoms with Crippen molar-refractivity contribution in [3.8, 4) is 0 Å². The lowest BCUT2D eigenvalue weighted by Crippen LogP contribution is -2.13. The molecule has 0 unspecified atom stereocenters. The van der Waals surface area contributed by atoms with E-state index >= 15 is 0 Å². The molecule has 5 N–H and O–H groups in total. The second kappa shape index (κ2) is 5.27. The van der Waals surface area contributed by atoms with Crippen molar-refractivity contribution < 1.29 is 9.18 Å². The van der Waals surface area contributed by atoms with Gasteiger partial charge in [-0.05, 0) is 52.3 Å². The molecular formula is C13H11BrFN3O. The van der Waals surface area contributed by atoms with Gasteiger partial charge in [-0.3, -0.25) is 4.79 Å². The molecule has 4 nitrogen and oxygen atoms in total. The summed E-state index contributed by atoms with van der Waals surface area (Å²) in [5.41, 5.74) is 12.8. The molecule has 0 heterocycles. The first kappa shape index (κ1) is 13.4. The number of nitrogens with one attached hydrogen (secondary N) is 1. The maximum atomic E-state index is 13.0. The second-order valence-electron chi connectivity index (χ2n) is 3.92. The van der Waals surface area contributed by atoms with Crippen LogP contribution in [-0.4, -0.2) is 5.91 Å². The first-order valence-corrected chi connectivity index (χ1v) is 6.18. The van der Waals surface area contributed by atoms with Crippen molar-refractivity contribution in [2.24, 2.45) is 5.73 Å². The van der Waals surface area contributed by atoms with Crippen LogP contribution in [0.4, 0.5) is 21.5 Å². The van der Waals surface area contributed by atoms with Crippen LogP contribution in [0.2, 0.25) is 0 Å². The van der Waals surface area contributed by atoms with E-state index in [2.05, 4.69) is 21.2 Å². The molecule has 0 aromatic heterocycles. The molecule has 0 bridgehead atoms. The molecule has 0 fully saturated rings. The Morgan fingerprint density at radius 3 is 2.53 bits per heavy atom. The van der Waals surface area contributed by atoms with Crippen molar-refractivity contribution in [1.29, 1.82) is 0 Å². The Hall–Kier alpha value is -2.08. The van der Waals surface area contributed by atoms with Gasteiger partial charge in [-0.15, -0.1) is 0 Å². The van der Waals surface area contributed by atoms with Crippen molar-refractivity contribution >= 4 is 38.9 Å². The predicted molar refractivity (Wildman–Crippen MR) is 76.8 cm³/mol. The quantitative estimate of drug-likeness (QED) is 0.759. The number of nitrogens with two attached hydrogens (primary N) is 2. The maximum Gasteiger partial charge on any atom is 0.250 e. The fourth-order valence-electron chi connectivity index (χ4n) is 1.62. The summed E-state index contributed by atoms with van der Waals surface area (Å²) >= 11 is 3.23. The van der Waals surface area contributed by atoms with Gasteiger partial charge in [0.1, 0.15) is 5.82 Å². The highest BCUT2D eigenvalue weighted by Crippen LogP contribution is 2.29. The summed E-state index contributed by atoms with van der Waals surface area (Å²) < 4.78 is 13.5. The lowest BCUT2D eigenvalue weighted by molar-refractivity contribution is 0.100. The van der Waals surface area contributed by atoms with Gasteiger partial charge in [0.15, 0.2) is 0 Å². The molecule has 0 atom stereocenters. The van der Waals surface area contributed by atoms with Gasteiger partial charge in [0, 0.05) is 10.2 Å². The summed E-state index contributed by atoms with van der Waals surface area (Å²) in [6.45, 7) is 0. The van der Waals surface area contributed by atoms with Gasteiger partial charge in [-0.1, -0.05) is 0 Å². The monoisotopic (exact) mass is 323 g/mol. The highest BCUT2D eigenvalue weighted by atomic mass is 79.9. The van der Waals surface area contributed by atoms with Crippen molar-refractivity contribution in [2.75, 3.05) is 11.1 Å². The van der Waals surface area contributed by atoms with E-state index in [9.17, 15) is 9.18 Å². The van der Waals surface area contributed by atoms with Crippen molar-refractivity contribution in [3.63, 3.8) is 0 Å². The van der Waals surface area contributed by atoms with E-state index in [4.69, 9.17) is 11.5 Å². The molecule has 0 spiro atoms. The first-order chi connectivity index (χ1) is 8.97. The zero-order chi connectivity index (χ0) is 14.0. The number of carbonyl (C=O) groups is 1. The van der Waals surface area contributed by atoms with Crippen molar-refractivity contribution in [3.05, 3.63) is 52.3 Å². The average molecular weight is 324 g/mol. The first-order valence-electron chi connectivity index (χ1n) is 5.39. The van der Waals surface area contributed by atoms with E-state index in [1.807, 2.05) is 0 Å². The number of nitrogen functional groups attached to an aromatic ring is 1. The lowest BCUT2D eigenvalue weighted by atomic mass is 10.1. The zero-order valence-corrected chi connectivity index (χ0v) is 11.4. The minimum atomic E-state index is -0.569. The van der Waals surface area contributed by atoms with Crippen LogP contribution < -0.4 is 16.8 Å². The van der Waals surface area contributed by atoms with Crippen molar-refractivity contribution in [2.45, 2.75) is 0 Å². The van der Waals surface area contributed by atoms with E-state index in [-0.39, 0.29) is 5.82 Å². The number of rotatable bonds is 3. The standard InChI is InChI=1S/C13H11BrFN3O/c14-10-5-7(15)1-4-11(10)18-12-6-8(16)2-3-9(12)13(17)19/h1-6,18H,16H2,(H2,17,19). The van der Waals surface area contributed by atoms with Gasteiger partial charge >= 0.3 is 0 Å². The van der Waals surface area contributed by atoms with Crippen LogP contribution in [0.25, 0.3) is 0 Å². The smallest absolute Gasteiger partial charge is 0.250 e. The third kappa shape index (κ3) is 3.03. The van der Waals surface area contributed by atoms with E-state index in [1.165, 1.54) is 18.2 Å². The lowest BCUT2D eigenvalue weighted by Gasteiger charge is -2.12. The van der Waals surface area contributed by atoms with Crippen LogP contribution >= 0.6 is 15.9 Å². The minimum absolute atomic E-state index is 0.311. The average Bonchev–Trinajstić information content (AvgIpc) is 2.32. The fourth-order valence-corrected chi connectivity index (χ4v) is 2.07. The zero-order valence-electron chi connectivity index (χ0n) is 9.78. The summed E-state index contributed by atoms with van der Waals surface area (Å²) in [6.07, 6.45) is 0. The van der Waals surface area contributed by atoms with Crippen LogP contribution in [0.3, 0.4) is 0 Å². The number of anilines is 3. The van der Waals surface area contributed by atoms with E-state index < -0.39 is 5.91 Å². The molecule has 2 aromatic rings. The molecule has 2 aromatic carbocycles. The number of amides is 1. The number of hydrogen-bond acceptors (Lipinski definition) is 3. The molecule has 1 amide bonds.